The van der Waals surface area contributed by atoms with Crippen LogP contribution in [0.3, 0.4) is 0 Å². The highest BCUT2D eigenvalue weighted by Gasteiger charge is 2.51. The molecule has 0 spiro atoms. The van der Waals surface area contributed by atoms with E-state index in [1.54, 1.807) is 36.4 Å². The Morgan fingerprint density at radius 2 is 1.73 bits per heavy atom. The number of nitrogens with one attached hydrogen (secondary N) is 1. The van der Waals surface area contributed by atoms with Gasteiger partial charge in [0.05, 0.1) is 5.69 Å². The number of hydrogen-bond acceptors (Lipinski definition) is 3. The fourth-order valence-electron chi connectivity index (χ4n) is 3.96. The Labute approximate surface area is 176 Å². The van der Waals surface area contributed by atoms with Crippen LogP contribution in [0.4, 0.5) is 11.4 Å². The topological polar surface area (TPSA) is 69.6 Å². The number of fused-ring (bicyclic) bond motifs is 1. The number of anilines is 2. The normalized spacial score (nSPS) is 17.7. The fourth-order valence-corrected chi connectivity index (χ4v) is 3.96. The molecule has 152 valence electrons. The molecule has 2 amide bonds. The first-order chi connectivity index (χ1) is 14.3. The number of benzene rings is 3. The summed E-state index contributed by atoms with van der Waals surface area (Å²) in [7, 11) is 0. The Bertz CT molecular complexity index is 1150. The molecule has 3 aromatic carbocycles. The smallest absolute Gasteiger partial charge is 0.268 e. The molecule has 0 fully saturated rings. The lowest BCUT2D eigenvalue weighted by atomic mass is 9.87. The first kappa shape index (κ1) is 19.9. The van der Waals surface area contributed by atoms with Crippen LogP contribution >= 0.6 is 0 Å². The van der Waals surface area contributed by atoms with Gasteiger partial charge >= 0.3 is 0 Å². The van der Waals surface area contributed by atoms with Crippen molar-refractivity contribution in [3.63, 3.8) is 0 Å². The molecule has 2 N–H and O–H groups in total. The number of carbonyl (C=O) groups excluding carboxylic acids is 2. The summed E-state index contributed by atoms with van der Waals surface area (Å²) in [4.78, 5) is 27.6. The first-order valence-corrected chi connectivity index (χ1v) is 9.89. The van der Waals surface area contributed by atoms with Crippen LogP contribution in [-0.2, 0) is 15.2 Å². The van der Waals surface area contributed by atoms with E-state index in [-0.39, 0.29) is 12.5 Å². The van der Waals surface area contributed by atoms with Crippen molar-refractivity contribution in [1.29, 1.82) is 0 Å². The first-order valence-electron chi connectivity index (χ1n) is 9.89. The van der Waals surface area contributed by atoms with Gasteiger partial charge in [-0.2, -0.15) is 0 Å². The summed E-state index contributed by atoms with van der Waals surface area (Å²) in [6.45, 7) is 5.65. The summed E-state index contributed by atoms with van der Waals surface area (Å²) in [5, 5.41) is 14.4. The van der Waals surface area contributed by atoms with E-state index in [2.05, 4.69) is 5.32 Å². The van der Waals surface area contributed by atoms with Crippen molar-refractivity contribution in [2.45, 2.75) is 26.4 Å². The molecular weight excluding hydrogens is 376 g/mol. The van der Waals surface area contributed by atoms with Gasteiger partial charge in [-0.15, -0.1) is 0 Å². The average molecular weight is 400 g/mol. The molecule has 1 aliphatic rings. The van der Waals surface area contributed by atoms with E-state index in [0.29, 0.717) is 22.5 Å². The molecule has 1 aliphatic heterocycles. The van der Waals surface area contributed by atoms with Gasteiger partial charge in [-0.3, -0.25) is 14.5 Å². The number of aliphatic hydroxyl groups is 1. The molecule has 0 saturated heterocycles. The monoisotopic (exact) mass is 400 g/mol. The standard InChI is InChI=1S/C25H24N2O3/c1-16-8-6-10-19(14-16)25(30)20-11-4-5-13-22(20)27(24(25)29)15-23(28)26-21-12-7-9-17(2)18(21)3/h4-14,30H,15H2,1-3H3,(H,26,28). The molecular formula is C25H24N2O3. The van der Waals surface area contributed by atoms with Gasteiger partial charge in [0.2, 0.25) is 5.91 Å². The number of nitrogens with zero attached hydrogens (tertiary/aromatic N) is 1. The SMILES string of the molecule is Cc1cccc(C2(O)C(=O)N(CC(=O)Nc3cccc(C)c3C)c3ccccc32)c1. The Balaban J connectivity index is 1.67. The quantitative estimate of drug-likeness (QED) is 0.699. The zero-order chi connectivity index (χ0) is 21.5. The van der Waals surface area contributed by atoms with Crippen LogP contribution in [-0.4, -0.2) is 23.5 Å². The van der Waals surface area contributed by atoms with Crippen molar-refractivity contribution in [2.24, 2.45) is 0 Å². The Morgan fingerprint density at radius 3 is 2.50 bits per heavy atom. The van der Waals surface area contributed by atoms with Gasteiger partial charge in [0, 0.05) is 11.3 Å². The fraction of sp³-hybridized carbons (Fsp3) is 0.200. The Hall–Kier alpha value is -3.44. The van der Waals surface area contributed by atoms with Crippen molar-refractivity contribution in [2.75, 3.05) is 16.8 Å². The predicted octanol–water partition coefficient (Wildman–Crippen LogP) is 3.83. The summed E-state index contributed by atoms with van der Waals surface area (Å²) < 4.78 is 0. The van der Waals surface area contributed by atoms with E-state index in [0.717, 1.165) is 16.7 Å². The maximum Gasteiger partial charge on any atom is 0.268 e. The lowest BCUT2D eigenvalue weighted by Gasteiger charge is -2.24. The van der Waals surface area contributed by atoms with Crippen molar-refractivity contribution < 1.29 is 14.7 Å². The summed E-state index contributed by atoms with van der Waals surface area (Å²) in [6.07, 6.45) is 0. The van der Waals surface area contributed by atoms with E-state index in [1.165, 1.54) is 4.90 Å². The van der Waals surface area contributed by atoms with E-state index >= 15 is 0 Å². The molecule has 0 bridgehead atoms. The second-order valence-corrected chi connectivity index (χ2v) is 7.78. The van der Waals surface area contributed by atoms with Crippen molar-refractivity contribution in [3.8, 4) is 0 Å². The minimum Gasteiger partial charge on any atom is -0.372 e. The van der Waals surface area contributed by atoms with Crippen molar-refractivity contribution >= 4 is 23.2 Å². The summed E-state index contributed by atoms with van der Waals surface area (Å²) in [6, 6.07) is 20.0. The van der Waals surface area contributed by atoms with Crippen molar-refractivity contribution in [1.82, 2.24) is 0 Å². The molecule has 3 aromatic rings. The summed E-state index contributed by atoms with van der Waals surface area (Å²) >= 11 is 0. The molecule has 1 unspecified atom stereocenters. The number of carbonyl (C=O) groups is 2. The molecule has 5 nitrogen and oxygen atoms in total. The van der Waals surface area contributed by atoms with Gasteiger partial charge in [-0.05, 0) is 49.6 Å². The highest BCUT2D eigenvalue weighted by atomic mass is 16.3. The van der Waals surface area contributed by atoms with Crippen LogP contribution in [0.5, 0.6) is 0 Å². The molecule has 0 aromatic heterocycles. The van der Waals surface area contributed by atoms with Crippen LogP contribution in [0.1, 0.15) is 27.8 Å². The van der Waals surface area contributed by atoms with Crippen LogP contribution in [0.15, 0.2) is 66.7 Å². The van der Waals surface area contributed by atoms with Crippen LogP contribution in [0.2, 0.25) is 0 Å². The molecule has 5 heteroatoms. The molecule has 0 radical (unpaired) electrons. The van der Waals surface area contributed by atoms with E-state index in [9.17, 15) is 14.7 Å². The predicted molar refractivity (Wildman–Crippen MR) is 118 cm³/mol. The van der Waals surface area contributed by atoms with Crippen molar-refractivity contribution in [3.05, 3.63) is 94.5 Å². The maximum atomic E-state index is 13.4. The van der Waals surface area contributed by atoms with Gasteiger partial charge < -0.3 is 10.4 Å². The lowest BCUT2D eigenvalue weighted by Crippen LogP contribution is -2.44. The number of amides is 2. The Kier molecular flexibility index (Phi) is 4.92. The minimum absolute atomic E-state index is 0.183. The van der Waals surface area contributed by atoms with Gasteiger partial charge in [0.15, 0.2) is 5.60 Å². The summed E-state index contributed by atoms with van der Waals surface area (Å²) in [5.41, 5.74) is 3.42. The van der Waals surface area contributed by atoms with Gasteiger partial charge in [0.1, 0.15) is 6.54 Å². The number of hydrogen-bond donors (Lipinski definition) is 2. The average Bonchev–Trinajstić information content (AvgIpc) is 2.94. The van der Waals surface area contributed by atoms with Crippen LogP contribution in [0.25, 0.3) is 0 Å². The van der Waals surface area contributed by atoms with E-state index in [1.807, 2.05) is 51.1 Å². The molecule has 1 heterocycles. The maximum absolute atomic E-state index is 13.4. The minimum atomic E-state index is -1.82. The third-order valence-corrected chi connectivity index (χ3v) is 5.76. The van der Waals surface area contributed by atoms with Gasteiger partial charge in [0.25, 0.3) is 5.91 Å². The second-order valence-electron chi connectivity index (χ2n) is 7.78. The van der Waals surface area contributed by atoms with E-state index in [4.69, 9.17) is 0 Å². The molecule has 4 rings (SSSR count). The molecule has 0 aliphatic carbocycles. The van der Waals surface area contributed by atoms with Crippen LogP contribution in [0, 0.1) is 20.8 Å². The zero-order valence-electron chi connectivity index (χ0n) is 17.3. The van der Waals surface area contributed by atoms with Crippen LogP contribution < -0.4 is 10.2 Å². The number of rotatable bonds is 4. The second kappa shape index (κ2) is 7.43. The molecule has 30 heavy (non-hydrogen) atoms. The third kappa shape index (κ3) is 3.17. The third-order valence-electron chi connectivity index (χ3n) is 5.76. The highest BCUT2D eigenvalue weighted by molar-refractivity contribution is 6.12. The molecule has 0 saturated carbocycles. The van der Waals surface area contributed by atoms with Gasteiger partial charge in [-0.1, -0.05) is 60.2 Å². The van der Waals surface area contributed by atoms with E-state index < -0.39 is 11.5 Å². The largest absolute Gasteiger partial charge is 0.372 e. The lowest BCUT2D eigenvalue weighted by molar-refractivity contribution is -0.133. The number of aryl methyl sites for hydroxylation is 2. The highest BCUT2D eigenvalue weighted by Crippen LogP contribution is 2.44. The molecule has 1 atom stereocenters. The summed E-state index contributed by atoms with van der Waals surface area (Å²) in [5.74, 6) is -0.842. The van der Waals surface area contributed by atoms with Gasteiger partial charge in [-0.25, -0.2) is 0 Å². The zero-order valence-corrected chi connectivity index (χ0v) is 17.3. The Morgan fingerprint density at radius 1 is 1.00 bits per heavy atom. The number of para-hydroxylation sites is 1.